The van der Waals surface area contributed by atoms with Gasteiger partial charge in [-0.1, -0.05) is 12.1 Å². The fraction of sp³-hybridized carbons (Fsp3) is 0.158. The summed E-state index contributed by atoms with van der Waals surface area (Å²) in [7, 11) is 0. The van der Waals surface area contributed by atoms with E-state index in [1.54, 1.807) is 13.8 Å². The number of ether oxygens (including phenoxy) is 1. The maximum absolute atomic E-state index is 13.6. The Labute approximate surface area is 165 Å². The molecule has 0 aliphatic heterocycles. The Balaban J connectivity index is 1.77. The molecule has 1 heterocycles. The monoisotopic (exact) mass is 456 g/mol. The molecule has 0 saturated heterocycles. The molecule has 9 heteroatoms. The summed E-state index contributed by atoms with van der Waals surface area (Å²) in [4.78, 5) is 12.6. The molecular formula is C19H13BrF4N2O2. The average Bonchev–Trinajstić information content (AvgIpc) is 2.93. The third kappa shape index (κ3) is 3.66. The van der Waals surface area contributed by atoms with E-state index in [9.17, 15) is 22.4 Å². The molecule has 0 unspecified atom stereocenters. The van der Waals surface area contributed by atoms with Gasteiger partial charge in [0.2, 0.25) is 11.6 Å². The van der Waals surface area contributed by atoms with Crippen molar-refractivity contribution < 1.29 is 27.1 Å². The largest absolute Gasteiger partial charge is 0.483 e. The van der Waals surface area contributed by atoms with E-state index in [2.05, 4.69) is 21.0 Å². The maximum Gasteiger partial charge on any atom is 0.278 e. The molecule has 0 bridgehead atoms. The van der Waals surface area contributed by atoms with E-state index in [1.165, 1.54) is 28.9 Å². The van der Waals surface area contributed by atoms with Crippen LogP contribution in [0.5, 0.6) is 5.75 Å². The molecule has 4 nitrogen and oxygen atoms in total. The van der Waals surface area contributed by atoms with Gasteiger partial charge in [-0.15, -0.1) is 0 Å². The topological polar surface area (TPSA) is 44.1 Å². The minimum Gasteiger partial charge on any atom is -0.483 e. The van der Waals surface area contributed by atoms with Crippen LogP contribution in [0.15, 0.2) is 34.8 Å². The smallest absolute Gasteiger partial charge is 0.278 e. The summed E-state index contributed by atoms with van der Waals surface area (Å²) in [5, 5.41) is 4.16. The van der Waals surface area contributed by atoms with Crippen molar-refractivity contribution in [3.8, 4) is 5.75 Å². The number of aromatic nitrogens is 2. The number of benzene rings is 2. The third-order valence-corrected chi connectivity index (χ3v) is 5.20. The van der Waals surface area contributed by atoms with Gasteiger partial charge in [0.25, 0.3) is 5.91 Å². The molecule has 0 aliphatic rings. The summed E-state index contributed by atoms with van der Waals surface area (Å²) in [6, 6.07) is 6.09. The van der Waals surface area contributed by atoms with Gasteiger partial charge in [0.15, 0.2) is 17.4 Å². The Morgan fingerprint density at radius 1 is 1.07 bits per heavy atom. The molecule has 0 atom stereocenters. The minimum atomic E-state index is -1.61. The lowest BCUT2D eigenvalue weighted by Crippen LogP contribution is -2.15. The number of hydrogen-bond acceptors (Lipinski definition) is 3. The number of carbonyl (C=O) groups is 1. The highest BCUT2D eigenvalue weighted by atomic mass is 79.9. The van der Waals surface area contributed by atoms with Crippen molar-refractivity contribution >= 4 is 21.8 Å². The zero-order chi connectivity index (χ0) is 20.6. The van der Waals surface area contributed by atoms with Crippen molar-refractivity contribution in [2.24, 2.45) is 0 Å². The fourth-order valence-electron chi connectivity index (χ4n) is 2.52. The number of aryl methyl sites for hydroxylation is 1. The van der Waals surface area contributed by atoms with E-state index in [1.807, 2.05) is 0 Å². The molecule has 0 fully saturated rings. The highest BCUT2D eigenvalue weighted by Gasteiger charge is 2.21. The molecule has 0 radical (unpaired) electrons. The number of carbonyl (C=O) groups excluding carboxylic acids is 1. The zero-order valence-electron chi connectivity index (χ0n) is 14.7. The lowest BCUT2D eigenvalue weighted by atomic mass is 10.1. The van der Waals surface area contributed by atoms with Crippen molar-refractivity contribution in [3.63, 3.8) is 0 Å². The van der Waals surface area contributed by atoms with Crippen LogP contribution in [0.1, 0.15) is 27.3 Å². The van der Waals surface area contributed by atoms with Gasteiger partial charge in [-0.25, -0.2) is 8.78 Å². The molecule has 1 aromatic heterocycles. The number of hydrogen-bond donors (Lipinski definition) is 0. The van der Waals surface area contributed by atoms with Crippen LogP contribution in [0.2, 0.25) is 0 Å². The Kier molecular flexibility index (Phi) is 5.55. The van der Waals surface area contributed by atoms with Gasteiger partial charge >= 0.3 is 0 Å². The fourth-order valence-corrected chi connectivity index (χ4v) is 2.77. The van der Waals surface area contributed by atoms with Gasteiger partial charge in [0.1, 0.15) is 6.61 Å². The van der Waals surface area contributed by atoms with Crippen LogP contribution in [0.4, 0.5) is 17.6 Å². The van der Waals surface area contributed by atoms with Crippen molar-refractivity contribution in [2.75, 3.05) is 0 Å². The number of halogens is 5. The predicted octanol–water partition coefficient (Wildman–Crippen LogP) is 5.09. The molecule has 0 amide bonds. The maximum atomic E-state index is 13.6. The van der Waals surface area contributed by atoms with Gasteiger partial charge in [-0.05, 0) is 47.5 Å². The van der Waals surface area contributed by atoms with Crippen molar-refractivity contribution in [1.82, 2.24) is 9.78 Å². The second-order valence-electron chi connectivity index (χ2n) is 5.98. The molecule has 3 aromatic rings. The third-order valence-electron chi connectivity index (χ3n) is 4.05. The highest BCUT2D eigenvalue weighted by molar-refractivity contribution is 9.10. The standard InChI is InChI=1S/C19H13BrF4N2O2/c1-9-15(20)10(2)26(25-9)19(27)12-5-3-11(4-6-12)8-28-18-16(23)13(21)7-14(22)17(18)24/h3-7H,8H2,1-2H3. The van der Waals surface area contributed by atoms with Crippen LogP contribution >= 0.6 is 15.9 Å². The normalized spacial score (nSPS) is 11.0. The first-order valence-corrected chi connectivity index (χ1v) is 8.81. The van der Waals surface area contributed by atoms with E-state index >= 15 is 0 Å². The zero-order valence-corrected chi connectivity index (χ0v) is 16.3. The molecule has 0 N–H and O–H groups in total. The Bertz CT molecular complexity index is 1040. The molecule has 0 saturated carbocycles. The molecular weight excluding hydrogens is 444 g/mol. The summed E-state index contributed by atoms with van der Waals surface area (Å²) in [5.74, 6) is -7.81. The van der Waals surface area contributed by atoms with Gasteiger partial charge in [0.05, 0.1) is 15.9 Å². The number of rotatable bonds is 4. The van der Waals surface area contributed by atoms with E-state index in [-0.39, 0.29) is 18.6 Å². The lowest BCUT2D eigenvalue weighted by molar-refractivity contribution is 0.0942. The van der Waals surface area contributed by atoms with Crippen LogP contribution in [0.25, 0.3) is 0 Å². The van der Waals surface area contributed by atoms with Crippen LogP contribution in [0, 0.1) is 37.1 Å². The summed E-state index contributed by atoms with van der Waals surface area (Å²) in [5.41, 5.74) is 2.09. The summed E-state index contributed by atoms with van der Waals surface area (Å²) < 4.78 is 60.5. The summed E-state index contributed by atoms with van der Waals surface area (Å²) in [6.45, 7) is 3.15. The molecule has 28 heavy (non-hydrogen) atoms. The first kappa shape index (κ1) is 20.1. The molecule has 2 aromatic carbocycles. The van der Waals surface area contributed by atoms with Crippen LogP contribution in [-0.2, 0) is 6.61 Å². The summed E-state index contributed by atoms with van der Waals surface area (Å²) in [6.07, 6.45) is 0. The van der Waals surface area contributed by atoms with Gasteiger partial charge in [-0.3, -0.25) is 4.79 Å². The van der Waals surface area contributed by atoms with Crippen LogP contribution < -0.4 is 4.74 Å². The SMILES string of the molecule is Cc1nn(C(=O)c2ccc(COc3c(F)c(F)cc(F)c3F)cc2)c(C)c1Br. The predicted molar refractivity (Wildman–Crippen MR) is 96.2 cm³/mol. The Morgan fingerprint density at radius 3 is 2.14 bits per heavy atom. The van der Waals surface area contributed by atoms with Crippen molar-refractivity contribution in [1.29, 1.82) is 0 Å². The van der Waals surface area contributed by atoms with E-state index in [0.29, 0.717) is 22.5 Å². The van der Waals surface area contributed by atoms with E-state index < -0.39 is 29.0 Å². The molecule has 146 valence electrons. The van der Waals surface area contributed by atoms with Crippen LogP contribution in [-0.4, -0.2) is 15.7 Å². The Hall–Kier alpha value is -2.68. The highest BCUT2D eigenvalue weighted by Crippen LogP contribution is 2.27. The van der Waals surface area contributed by atoms with E-state index in [4.69, 9.17) is 4.74 Å². The average molecular weight is 457 g/mol. The van der Waals surface area contributed by atoms with Crippen molar-refractivity contribution in [2.45, 2.75) is 20.5 Å². The van der Waals surface area contributed by atoms with Crippen LogP contribution in [0.3, 0.4) is 0 Å². The Morgan fingerprint density at radius 2 is 1.64 bits per heavy atom. The van der Waals surface area contributed by atoms with Gasteiger partial charge < -0.3 is 4.74 Å². The minimum absolute atomic E-state index is 0.106. The molecule has 3 rings (SSSR count). The van der Waals surface area contributed by atoms with Gasteiger partial charge in [-0.2, -0.15) is 18.6 Å². The first-order chi connectivity index (χ1) is 13.2. The first-order valence-electron chi connectivity index (χ1n) is 8.01. The second-order valence-corrected chi connectivity index (χ2v) is 6.78. The second kappa shape index (κ2) is 7.75. The molecule has 0 aliphatic carbocycles. The molecule has 0 spiro atoms. The van der Waals surface area contributed by atoms with E-state index in [0.717, 1.165) is 4.47 Å². The lowest BCUT2D eigenvalue weighted by Gasteiger charge is -2.10. The van der Waals surface area contributed by atoms with Crippen molar-refractivity contribution in [3.05, 3.63) is 80.6 Å². The van der Waals surface area contributed by atoms with Gasteiger partial charge in [0, 0.05) is 11.6 Å². The number of nitrogens with zero attached hydrogens (tertiary/aromatic N) is 2. The quantitative estimate of drug-likeness (QED) is 0.405. The summed E-state index contributed by atoms with van der Waals surface area (Å²) >= 11 is 3.35.